The lowest BCUT2D eigenvalue weighted by Gasteiger charge is -1.96. The monoisotopic (exact) mass is 177 g/mol. The van der Waals surface area contributed by atoms with Gasteiger partial charge in [-0.3, -0.25) is 4.79 Å². The molecule has 2 heterocycles. The zero-order chi connectivity index (χ0) is 9.26. The first kappa shape index (κ1) is 7.81. The molecule has 0 radical (unpaired) electrons. The molecule has 2 aromatic rings. The van der Waals surface area contributed by atoms with Gasteiger partial charge in [0, 0.05) is 12.4 Å². The Balaban J connectivity index is 2.54. The maximum absolute atomic E-state index is 11.2. The molecule has 0 aromatic carbocycles. The fourth-order valence-corrected chi connectivity index (χ4v) is 0.982. The second-order valence-electron chi connectivity index (χ2n) is 2.47. The zero-order valence-electron chi connectivity index (χ0n) is 6.71. The highest BCUT2D eigenvalue weighted by molar-refractivity contribution is 5.97. The molecule has 0 fully saturated rings. The number of nitrogens with zero attached hydrogens (tertiary/aromatic N) is 4. The molecule has 13 heavy (non-hydrogen) atoms. The second kappa shape index (κ2) is 2.91. The second-order valence-corrected chi connectivity index (χ2v) is 2.47. The highest BCUT2D eigenvalue weighted by atomic mass is 16.1. The van der Waals surface area contributed by atoms with Gasteiger partial charge in [0.2, 0.25) is 0 Å². The first-order chi connectivity index (χ1) is 6.31. The molecule has 0 amide bonds. The van der Waals surface area contributed by atoms with Crippen molar-refractivity contribution in [1.29, 1.82) is 0 Å². The van der Waals surface area contributed by atoms with Crippen LogP contribution in [0.1, 0.15) is 10.4 Å². The average molecular weight is 177 g/mol. The highest BCUT2D eigenvalue weighted by Crippen LogP contribution is 1.99. The standard InChI is InChI=1S/C7H7N5O/c8-1-6(13)5-2-9-7-10-4-11-12(7)3-5/h2-4H,1,8H2. The summed E-state index contributed by atoms with van der Waals surface area (Å²) in [5.74, 6) is 0.304. The summed E-state index contributed by atoms with van der Waals surface area (Å²) in [6, 6.07) is 0. The Kier molecular flexibility index (Phi) is 1.75. The average Bonchev–Trinajstić information content (AvgIpc) is 2.63. The lowest BCUT2D eigenvalue weighted by atomic mass is 10.2. The maximum Gasteiger partial charge on any atom is 0.252 e. The number of aromatic nitrogens is 4. The summed E-state index contributed by atoms with van der Waals surface area (Å²) in [5.41, 5.74) is 5.65. The Hall–Kier alpha value is -1.82. The SMILES string of the molecule is NCC(=O)c1cnc2ncnn2c1. The van der Waals surface area contributed by atoms with Crippen molar-refractivity contribution in [3.63, 3.8) is 0 Å². The van der Waals surface area contributed by atoms with Crippen molar-refractivity contribution in [2.45, 2.75) is 0 Å². The molecule has 6 nitrogen and oxygen atoms in total. The summed E-state index contributed by atoms with van der Waals surface area (Å²) >= 11 is 0. The van der Waals surface area contributed by atoms with E-state index in [4.69, 9.17) is 5.73 Å². The van der Waals surface area contributed by atoms with E-state index in [2.05, 4.69) is 15.1 Å². The number of Topliss-reactive ketones (excluding diaryl/α,β-unsaturated/α-hetero) is 1. The minimum Gasteiger partial charge on any atom is -0.324 e. The molecule has 0 saturated carbocycles. The number of nitrogens with two attached hydrogens (primary N) is 1. The van der Waals surface area contributed by atoms with Gasteiger partial charge in [0.1, 0.15) is 6.33 Å². The molecule has 2 aromatic heterocycles. The molecule has 0 unspecified atom stereocenters. The van der Waals surface area contributed by atoms with Gasteiger partial charge >= 0.3 is 0 Å². The fourth-order valence-electron chi connectivity index (χ4n) is 0.982. The number of ketones is 1. The van der Waals surface area contributed by atoms with Crippen LogP contribution in [0.15, 0.2) is 18.7 Å². The van der Waals surface area contributed by atoms with Crippen LogP contribution >= 0.6 is 0 Å². The molecule has 6 heteroatoms. The van der Waals surface area contributed by atoms with Gasteiger partial charge in [0.05, 0.1) is 12.1 Å². The van der Waals surface area contributed by atoms with Gasteiger partial charge in [0.15, 0.2) is 5.78 Å². The van der Waals surface area contributed by atoms with Crippen molar-refractivity contribution in [2.24, 2.45) is 5.73 Å². The number of hydrogen-bond donors (Lipinski definition) is 1. The molecule has 2 rings (SSSR count). The minimum absolute atomic E-state index is 0.0259. The molecule has 66 valence electrons. The van der Waals surface area contributed by atoms with Crippen LogP contribution in [0.25, 0.3) is 5.78 Å². The van der Waals surface area contributed by atoms with E-state index in [1.807, 2.05) is 0 Å². The Morgan fingerprint density at radius 1 is 1.54 bits per heavy atom. The van der Waals surface area contributed by atoms with Gasteiger partial charge in [-0.15, -0.1) is 0 Å². The molecular weight excluding hydrogens is 170 g/mol. The van der Waals surface area contributed by atoms with E-state index in [9.17, 15) is 4.79 Å². The first-order valence-corrected chi connectivity index (χ1v) is 3.70. The Morgan fingerprint density at radius 2 is 2.38 bits per heavy atom. The molecule has 0 aliphatic carbocycles. The predicted molar refractivity (Wildman–Crippen MR) is 44.2 cm³/mol. The largest absolute Gasteiger partial charge is 0.324 e. The molecule has 0 saturated heterocycles. The van der Waals surface area contributed by atoms with E-state index in [1.54, 1.807) is 6.20 Å². The van der Waals surface area contributed by atoms with Crippen LogP contribution in [0.2, 0.25) is 0 Å². The summed E-state index contributed by atoms with van der Waals surface area (Å²) in [7, 11) is 0. The molecule has 0 bridgehead atoms. The lowest BCUT2D eigenvalue weighted by Crippen LogP contribution is -2.14. The van der Waals surface area contributed by atoms with Gasteiger partial charge < -0.3 is 5.73 Å². The van der Waals surface area contributed by atoms with Crippen LogP contribution in [0.4, 0.5) is 0 Å². The highest BCUT2D eigenvalue weighted by Gasteiger charge is 2.05. The van der Waals surface area contributed by atoms with E-state index in [-0.39, 0.29) is 12.3 Å². The van der Waals surface area contributed by atoms with Gasteiger partial charge in [-0.05, 0) is 0 Å². The number of carbonyl (C=O) groups is 1. The van der Waals surface area contributed by atoms with Crippen LogP contribution < -0.4 is 5.73 Å². The van der Waals surface area contributed by atoms with Crippen molar-refractivity contribution >= 4 is 11.6 Å². The molecule has 0 spiro atoms. The van der Waals surface area contributed by atoms with Crippen molar-refractivity contribution in [3.8, 4) is 0 Å². The number of fused-ring (bicyclic) bond motifs is 1. The van der Waals surface area contributed by atoms with Crippen LogP contribution in [0.3, 0.4) is 0 Å². The molecule has 0 aliphatic rings. The van der Waals surface area contributed by atoms with Gasteiger partial charge in [-0.2, -0.15) is 10.1 Å². The Labute approximate surface area is 73.4 Å². The number of carbonyl (C=O) groups excluding carboxylic acids is 1. The van der Waals surface area contributed by atoms with Crippen LogP contribution in [0, 0.1) is 0 Å². The lowest BCUT2D eigenvalue weighted by molar-refractivity contribution is 0.100. The summed E-state index contributed by atoms with van der Waals surface area (Å²) in [6.07, 6.45) is 4.38. The van der Waals surface area contributed by atoms with Crippen LogP contribution in [-0.4, -0.2) is 31.9 Å². The van der Waals surface area contributed by atoms with Gasteiger partial charge in [0.25, 0.3) is 5.78 Å². The normalized spacial score (nSPS) is 10.5. The molecule has 0 aliphatic heterocycles. The maximum atomic E-state index is 11.2. The summed E-state index contributed by atoms with van der Waals surface area (Å²) in [4.78, 5) is 18.9. The van der Waals surface area contributed by atoms with Crippen LogP contribution in [0.5, 0.6) is 0 Å². The minimum atomic E-state index is -0.162. The third-order valence-corrected chi connectivity index (χ3v) is 1.64. The Bertz CT molecular complexity index is 449. The van der Waals surface area contributed by atoms with Crippen molar-refractivity contribution in [1.82, 2.24) is 19.6 Å². The van der Waals surface area contributed by atoms with Crippen molar-refractivity contribution in [2.75, 3.05) is 6.54 Å². The van der Waals surface area contributed by atoms with Gasteiger partial charge in [-0.1, -0.05) is 0 Å². The number of rotatable bonds is 2. The van der Waals surface area contributed by atoms with E-state index < -0.39 is 0 Å². The molecule has 0 atom stereocenters. The smallest absolute Gasteiger partial charge is 0.252 e. The van der Waals surface area contributed by atoms with Crippen molar-refractivity contribution in [3.05, 3.63) is 24.3 Å². The van der Waals surface area contributed by atoms with Gasteiger partial charge in [-0.25, -0.2) is 9.50 Å². The number of hydrogen-bond acceptors (Lipinski definition) is 5. The Morgan fingerprint density at radius 3 is 3.15 bits per heavy atom. The van der Waals surface area contributed by atoms with E-state index in [1.165, 1.54) is 17.0 Å². The summed E-state index contributed by atoms with van der Waals surface area (Å²) in [6.45, 7) is -0.0259. The molecular formula is C7H7N5O. The quantitative estimate of drug-likeness (QED) is 0.611. The van der Waals surface area contributed by atoms with Crippen LogP contribution in [-0.2, 0) is 0 Å². The van der Waals surface area contributed by atoms with Crippen molar-refractivity contribution < 1.29 is 4.79 Å². The van der Waals surface area contributed by atoms with E-state index in [0.717, 1.165) is 0 Å². The third-order valence-electron chi connectivity index (χ3n) is 1.64. The van der Waals surface area contributed by atoms with E-state index >= 15 is 0 Å². The summed E-state index contributed by atoms with van der Waals surface area (Å²) < 4.78 is 1.43. The first-order valence-electron chi connectivity index (χ1n) is 3.70. The zero-order valence-corrected chi connectivity index (χ0v) is 6.71. The molecule has 2 N–H and O–H groups in total. The summed E-state index contributed by atoms with van der Waals surface area (Å²) in [5, 5.41) is 3.85. The van der Waals surface area contributed by atoms with E-state index in [0.29, 0.717) is 11.3 Å². The predicted octanol–water partition coefficient (Wildman–Crippen LogP) is -0.734. The topological polar surface area (TPSA) is 86.2 Å². The third kappa shape index (κ3) is 1.27. The fraction of sp³-hybridized carbons (Fsp3) is 0.143.